The predicted octanol–water partition coefficient (Wildman–Crippen LogP) is 4.61. The maximum atomic E-state index is 13.9. The molecule has 4 nitrogen and oxygen atoms in total. The van der Waals surface area contributed by atoms with E-state index in [0.717, 1.165) is 0 Å². The van der Waals surface area contributed by atoms with Crippen molar-refractivity contribution >= 4 is 34.8 Å². The van der Waals surface area contributed by atoms with Crippen LogP contribution in [0.5, 0.6) is 11.5 Å². The van der Waals surface area contributed by atoms with Gasteiger partial charge in [-0.05, 0) is 36.4 Å². The number of para-hydroxylation sites is 1. The fourth-order valence-electron chi connectivity index (χ4n) is 1.64. The molecule has 0 unspecified atom stereocenters. The topological polar surface area (TPSA) is 47.6 Å². The lowest BCUT2D eigenvalue weighted by atomic mass is 10.3. The van der Waals surface area contributed by atoms with Gasteiger partial charge in [0.1, 0.15) is 11.5 Å². The van der Waals surface area contributed by atoms with Gasteiger partial charge in [0.2, 0.25) is 0 Å². The second kappa shape index (κ2) is 7.02. The second-order valence-corrected chi connectivity index (χ2v) is 5.16. The molecule has 0 aliphatic rings. The third-order valence-electron chi connectivity index (χ3n) is 2.77. The number of ether oxygens (including phenoxy) is 2. The summed E-state index contributed by atoms with van der Waals surface area (Å²) in [5.74, 6) is -1.42. The van der Waals surface area contributed by atoms with Gasteiger partial charge in [0, 0.05) is 0 Å². The Morgan fingerprint density at radius 2 is 1.57 bits per heavy atom. The lowest BCUT2D eigenvalue weighted by molar-refractivity contribution is -0.187. The summed E-state index contributed by atoms with van der Waals surface area (Å²) in [6.07, 6.45) is -4.11. The summed E-state index contributed by atoms with van der Waals surface area (Å²) in [6.45, 7) is 0. The molecule has 0 fully saturated rings. The zero-order valence-electron chi connectivity index (χ0n) is 11.8. The van der Waals surface area contributed by atoms with E-state index in [4.69, 9.17) is 27.9 Å². The summed E-state index contributed by atoms with van der Waals surface area (Å²) in [5.41, 5.74) is -0.112. The first-order chi connectivity index (χ1) is 10.8. The number of amides is 1. The largest absolute Gasteiger partial charge is 0.497 e. The van der Waals surface area contributed by atoms with Gasteiger partial charge >= 0.3 is 12.0 Å². The number of hydrogen-bond donors (Lipinski definition) is 1. The van der Waals surface area contributed by atoms with E-state index < -0.39 is 12.0 Å². The van der Waals surface area contributed by atoms with Gasteiger partial charge in [-0.2, -0.15) is 8.78 Å². The van der Waals surface area contributed by atoms with Gasteiger partial charge in [-0.25, -0.2) is 0 Å². The highest BCUT2D eigenvalue weighted by molar-refractivity contribution is 6.39. The number of hydrogen-bond acceptors (Lipinski definition) is 3. The van der Waals surface area contributed by atoms with E-state index in [1.165, 1.54) is 49.6 Å². The van der Waals surface area contributed by atoms with E-state index in [1.54, 1.807) is 0 Å². The molecular weight excluding hydrogens is 351 g/mol. The Labute approximate surface area is 140 Å². The van der Waals surface area contributed by atoms with Crippen molar-refractivity contribution in [2.45, 2.75) is 6.11 Å². The third-order valence-corrected chi connectivity index (χ3v) is 3.40. The van der Waals surface area contributed by atoms with Crippen molar-refractivity contribution < 1.29 is 23.0 Å². The number of carbonyl (C=O) groups is 1. The number of nitrogens with one attached hydrogen (secondary N) is 1. The molecule has 0 saturated heterocycles. The molecular formula is C15H11Cl2F2NO3. The van der Waals surface area contributed by atoms with Crippen molar-refractivity contribution in [3.63, 3.8) is 0 Å². The quantitative estimate of drug-likeness (QED) is 0.845. The Hall–Kier alpha value is -2.05. The van der Waals surface area contributed by atoms with Crippen molar-refractivity contribution in [1.82, 2.24) is 0 Å². The van der Waals surface area contributed by atoms with Crippen LogP contribution in [-0.4, -0.2) is 19.1 Å². The Kier molecular flexibility index (Phi) is 5.28. The van der Waals surface area contributed by atoms with Gasteiger partial charge in [-0.3, -0.25) is 4.79 Å². The van der Waals surface area contributed by atoms with Gasteiger partial charge in [-0.1, -0.05) is 29.3 Å². The van der Waals surface area contributed by atoms with Crippen LogP contribution in [0, 0.1) is 0 Å². The van der Waals surface area contributed by atoms with Crippen LogP contribution in [0.4, 0.5) is 14.5 Å². The summed E-state index contributed by atoms with van der Waals surface area (Å²) < 4.78 is 37.1. The van der Waals surface area contributed by atoms with Crippen molar-refractivity contribution in [2.24, 2.45) is 0 Å². The highest BCUT2D eigenvalue weighted by Crippen LogP contribution is 2.32. The first kappa shape index (κ1) is 17.3. The van der Waals surface area contributed by atoms with Gasteiger partial charge in [0.25, 0.3) is 0 Å². The van der Waals surface area contributed by atoms with Gasteiger partial charge in [-0.15, -0.1) is 0 Å². The second-order valence-electron chi connectivity index (χ2n) is 4.35. The van der Waals surface area contributed by atoms with Crippen LogP contribution in [0.1, 0.15) is 0 Å². The number of halogens is 4. The maximum absolute atomic E-state index is 13.9. The molecule has 8 heteroatoms. The molecule has 2 aromatic rings. The molecule has 0 bridgehead atoms. The van der Waals surface area contributed by atoms with Crippen LogP contribution < -0.4 is 14.8 Å². The molecule has 0 aromatic heterocycles. The van der Waals surface area contributed by atoms with E-state index in [9.17, 15) is 13.6 Å². The van der Waals surface area contributed by atoms with Crippen molar-refractivity contribution in [2.75, 3.05) is 12.4 Å². The monoisotopic (exact) mass is 361 g/mol. The Bertz CT molecular complexity index is 688. The molecule has 0 spiro atoms. The minimum absolute atomic E-state index is 0.0334. The van der Waals surface area contributed by atoms with Crippen LogP contribution in [0.2, 0.25) is 10.0 Å². The smallest absolute Gasteiger partial charge is 0.482 e. The van der Waals surface area contributed by atoms with Crippen LogP contribution >= 0.6 is 23.2 Å². The van der Waals surface area contributed by atoms with E-state index in [-0.39, 0.29) is 21.5 Å². The van der Waals surface area contributed by atoms with Crippen LogP contribution in [0.25, 0.3) is 0 Å². The lowest BCUT2D eigenvalue weighted by Crippen LogP contribution is -2.40. The molecule has 0 saturated carbocycles. The Balaban J connectivity index is 2.13. The molecule has 0 aliphatic heterocycles. The maximum Gasteiger partial charge on any atom is 0.482 e. The molecule has 0 aliphatic carbocycles. The van der Waals surface area contributed by atoms with Crippen molar-refractivity contribution in [3.05, 3.63) is 52.5 Å². The van der Waals surface area contributed by atoms with Gasteiger partial charge in [0.15, 0.2) is 0 Å². The summed E-state index contributed by atoms with van der Waals surface area (Å²) in [6, 6.07) is 9.69. The first-order valence-electron chi connectivity index (χ1n) is 6.30. The number of alkyl halides is 2. The Morgan fingerprint density at radius 1 is 1.04 bits per heavy atom. The highest BCUT2D eigenvalue weighted by Gasteiger charge is 2.42. The predicted molar refractivity (Wildman–Crippen MR) is 83.7 cm³/mol. The van der Waals surface area contributed by atoms with Crippen molar-refractivity contribution in [1.29, 1.82) is 0 Å². The number of anilines is 1. The standard InChI is InChI=1S/C15H11Cl2F2NO3/c1-22-9-5-7-10(8-6-9)23-15(18,19)14(21)20-13-11(16)3-2-4-12(13)17/h2-8H,1H3,(H,20,21). The van der Waals surface area contributed by atoms with Gasteiger partial charge < -0.3 is 14.8 Å². The molecule has 0 radical (unpaired) electrons. The summed E-state index contributed by atoms with van der Waals surface area (Å²) in [4.78, 5) is 11.7. The number of carbonyl (C=O) groups excluding carboxylic acids is 1. The number of rotatable bonds is 5. The zero-order chi connectivity index (χ0) is 17.0. The minimum atomic E-state index is -4.11. The Morgan fingerprint density at radius 3 is 2.09 bits per heavy atom. The van der Waals surface area contributed by atoms with Crippen LogP contribution in [0.3, 0.4) is 0 Å². The van der Waals surface area contributed by atoms with Crippen LogP contribution in [-0.2, 0) is 4.79 Å². The average molecular weight is 362 g/mol. The number of benzene rings is 2. The van der Waals surface area contributed by atoms with Crippen molar-refractivity contribution in [3.8, 4) is 11.5 Å². The average Bonchev–Trinajstić information content (AvgIpc) is 2.51. The lowest BCUT2D eigenvalue weighted by Gasteiger charge is -2.18. The molecule has 1 amide bonds. The third kappa shape index (κ3) is 4.24. The summed E-state index contributed by atoms with van der Waals surface area (Å²) >= 11 is 11.6. The molecule has 0 atom stereocenters. The SMILES string of the molecule is COc1ccc(OC(F)(F)C(=O)Nc2c(Cl)cccc2Cl)cc1. The van der Waals surface area contributed by atoms with E-state index >= 15 is 0 Å². The van der Waals surface area contributed by atoms with E-state index in [2.05, 4.69) is 4.74 Å². The van der Waals surface area contributed by atoms with Crippen LogP contribution in [0.15, 0.2) is 42.5 Å². The molecule has 122 valence electrons. The normalized spacial score (nSPS) is 11.0. The minimum Gasteiger partial charge on any atom is -0.497 e. The molecule has 2 aromatic carbocycles. The highest BCUT2D eigenvalue weighted by atomic mass is 35.5. The molecule has 0 heterocycles. The van der Waals surface area contributed by atoms with Gasteiger partial charge in [0.05, 0.1) is 22.8 Å². The zero-order valence-corrected chi connectivity index (χ0v) is 13.3. The summed E-state index contributed by atoms with van der Waals surface area (Å²) in [5, 5.41) is 2.03. The molecule has 23 heavy (non-hydrogen) atoms. The fraction of sp³-hybridized carbons (Fsp3) is 0.133. The van der Waals surface area contributed by atoms with E-state index in [1.807, 2.05) is 5.32 Å². The molecule has 1 N–H and O–H groups in total. The number of methoxy groups -OCH3 is 1. The summed E-state index contributed by atoms with van der Waals surface area (Å²) in [7, 11) is 1.44. The van der Waals surface area contributed by atoms with E-state index in [0.29, 0.717) is 5.75 Å². The fourth-order valence-corrected chi connectivity index (χ4v) is 2.13. The first-order valence-corrected chi connectivity index (χ1v) is 7.05. The molecule has 2 rings (SSSR count).